The number of amides is 2. The largest absolute Gasteiger partial charge is 0.351 e. The van der Waals surface area contributed by atoms with Crippen LogP contribution in [-0.4, -0.2) is 29.9 Å². The van der Waals surface area contributed by atoms with E-state index in [-0.39, 0.29) is 11.8 Å². The van der Waals surface area contributed by atoms with Crippen molar-refractivity contribution in [1.82, 2.24) is 15.6 Å². The van der Waals surface area contributed by atoms with E-state index in [1.165, 1.54) is 12.3 Å². The first kappa shape index (κ1) is 16.7. The summed E-state index contributed by atoms with van der Waals surface area (Å²) in [6, 6.07) is 10.6. The molecule has 0 unspecified atom stereocenters. The maximum absolute atomic E-state index is 11.7. The van der Waals surface area contributed by atoms with E-state index in [4.69, 9.17) is 11.6 Å². The molecule has 0 atom stereocenters. The average Bonchev–Trinajstić information content (AvgIpc) is 2.57. The normalized spacial score (nSPS) is 10.5. The first-order chi connectivity index (χ1) is 11.1. The van der Waals surface area contributed by atoms with Gasteiger partial charge in [-0.3, -0.25) is 14.6 Å². The van der Waals surface area contributed by atoms with Crippen LogP contribution in [0.15, 0.2) is 54.9 Å². The van der Waals surface area contributed by atoms with Gasteiger partial charge >= 0.3 is 0 Å². The summed E-state index contributed by atoms with van der Waals surface area (Å²) < 4.78 is 0. The van der Waals surface area contributed by atoms with Crippen LogP contribution < -0.4 is 10.6 Å². The van der Waals surface area contributed by atoms with E-state index >= 15 is 0 Å². The van der Waals surface area contributed by atoms with Crippen LogP contribution in [0.4, 0.5) is 0 Å². The van der Waals surface area contributed by atoms with Crippen molar-refractivity contribution in [3.05, 3.63) is 71.0 Å². The van der Waals surface area contributed by atoms with Crippen LogP contribution >= 0.6 is 11.6 Å². The zero-order valence-electron chi connectivity index (χ0n) is 12.3. The molecule has 0 saturated carbocycles. The Morgan fingerprint density at radius 2 is 1.96 bits per heavy atom. The maximum atomic E-state index is 11.7. The van der Waals surface area contributed by atoms with Crippen LogP contribution in [0.25, 0.3) is 6.08 Å². The first-order valence-electron chi connectivity index (χ1n) is 7.05. The van der Waals surface area contributed by atoms with E-state index in [9.17, 15) is 9.59 Å². The molecule has 0 aliphatic heterocycles. The van der Waals surface area contributed by atoms with Crippen molar-refractivity contribution in [3.63, 3.8) is 0 Å². The molecule has 0 radical (unpaired) electrons. The van der Waals surface area contributed by atoms with Gasteiger partial charge in [-0.15, -0.1) is 0 Å². The third-order valence-corrected chi connectivity index (χ3v) is 3.14. The number of carbonyl (C=O) groups is 2. The highest BCUT2D eigenvalue weighted by Crippen LogP contribution is 2.11. The first-order valence-corrected chi connectivity index (χ1v) is 7.42. The van der Waals surface area contributed by atoms with Crippen molar-refractivity contribution < 1.29 is 9.59 Å². The van der Waals surface area contributed by atoms with Crippen LogP contribution in [0.5, 0.6) is 0 Å². The molecular formula is C17H16ClN3O2. The van der Waals surface area contributed by atoms with Crippen LogP contribution in [0.2, 0.25) is 5.02 Å². The summed E-state index contributed by atoms with van der Waals surface area (Å²) >= 11 is 5.86. The fourth-order valence-corrected chi connectivity index (χ4v) is 2.00. The summed E-state index contributed by atoms with van der Waals surface area (Å²) in [4.78, 5) is 27.3. The van der Waals surface area contributed by atoms with Gasteiger partial charge in [0.05, 0.1) is 5.56 Å². The highest BCUT2D eigenvalue weighted by molar-refractivity contribution is 6.30. The summed E-state index contributed by atoms with van der Waals surface area (Å²) in [5.74, 6) is -0.456. The number of nitrogens with zero attached hydrogens (tertiary/aromatic N) is 1. The van der Waals surface area contributed by atoms with Gasteiger partial charge in [0, 0.05) is 36.6 Å². The average molecular weight is 330 g/mol. The number of benzene rings is 1. The number of hydrogen-bond acceptors (Lipinski definition) is 3. The molecule has 0 aliphatic rings. The monoisotopic (exact) mass is 329 g/mol. The van der Waals surface area contributed by atoms with Crippen molar-refractivity contribution >= 4 is 29.5 Å². The third kappa shape index (κ3) is 5.92. The number of hydrogen-bond donors (Lipinski definition) is 2. The lowest BCUT2D eigenvalue weighted by Crippen LogP contribution is -2.34. The Labute approximate surface area is 139 Å². The molecule has 0 bridgehead atoms. The van der Waals surface area contributed by atoms with E-state index in [0.717, 1.165) is 5.56 Å². The van der Waals surface area contributed by atoms with E-state index in [2.05, 4.69) is 15.6 Å². The molecule has 2 aromatic rings. The molecule has 0 saturated heterocycles. The minimum absolute atomic E-state index is 0.221. The van der Waals surface area contributed by atoms with Crippen LogP contribution in [0, 0.1) is 0 Å². The Morgan fingerprint density at radius 1 is 1.13 bits per heavy atom. The van der Waals surface area contributed by atoms with Gasteiger partial charge in [-0.1, -0.05) is 23.7 Å². The van der Waals surface area contributed by atoms with Crippen LogP contribution in [0.3, 0.4) is 0 Å². The molecule has 0 aliphatic carbocycles. The summed E-state index contributed by atoms with van der Waals surface area (Å²) in [5.41, 5.74) is 1.33. The SMILES string of the molecule is O=C(/C=C/c1cccc(Cl)c1)NCCNC(=O)c1cccnc1. The Kier molecular flexibility index (Phi) is 6.32. The number of rotatable bonds is 6. The van der Waals surface area contributed by atoms with Crippen molar-refractivity contribution in [1.29, 1.82) is 0 Å². The van der Waals surface area contributed by atoms with E-state index in [0.29, 0.717) is 23.7 Å². The molecule has 0 spiro atoms. The number of nitrogens with one attached hydrogen (secondary N) is 2. The van der Waals surface area contributed by atoms with Crippen LogP contribution in [0.1, 0.15) is 15.9 Å². The fraction of sp³-hybridized carbons (Fsp3) is 0.118. The smallest absolute Gasteiger partial charge is 0.252 e. The summed E-state index contributed by atoms with van der Waals surface area (Å²) in [6.07, 6.45) is 6.19. The summed E-state index contributed by atoms with van der Waals surface area (Å²) in [5, 5.41) is 6.00. The lowest BCUT2D eigenvalue weighted by molar-refractivity contribution is -0.116. The number of aromatic nitrogens is 1. The molecule has 5 nitrogen and oxygen atoms in total. The molecule has 0 fully saturated rings. The minimum atomic E-state index is -0.236. The van der Waals surface area contributed by atoms with Crippen molar-refractivity contribution in [2.45, 2.75) is 0 Å². The Bertz CT molecular complexity index is 702. The molecule has 6 heteroatoms. The number of pyridine rings is 1. The predicted octanol–water partition coefficient (Wildman–Crippen LogP) is 2.29. The standard InChI is InChI=1S/C17H16ClN3O2/c18-15-5-1-3-13(11-15)6-7-16(22)20-9-10-21-17(23)14-4-2-8-19-12-14/h1-8,11-12H,9-10H2,(H,20,22)(H,21,23)/b7-6+. The molecule has 2 N–H and O–H groups in total. The lowest BCUT2D eigenvalue weighted by Gasteiger charge is -2.05. The highest BCUT2D eigenvalue weighted by Gasteiger charge is 2.03. The van der Waals surface area contributed by atoms with Gasteiger partial charge < -0.3 is 10.6 Å². The highest BCUT2D eigenvalue weighted by atomic mass is 35.5. The topological polar surface area (TPSA) is 71.1 Å². The van der Waals surface area contributed by atoms with E-state index in [1.807, 2.05) is 12.1 Å². The van der Waals surface area contributed by atoms with Gasteiger partial charge in [-0.05, 0) is 35.9 Å². The van der Waals surface area contributed by atoms with Crippen molar-refractivity contribution in [3.8, 4) is 0 Å². The van der Waals surface area contributed by atoms with Crippen molar-refractivity contribution in [2.75, 3.05) is 13.1 Å². The maximum Gasteiger partial charge on any atom is 0.252 e. The van der Waals surface area contributed by atoms with Gasteiger partial charge in [0.2, 0.25) is 5.91 Å². The second kappa shape index (κ2) is 8.70. The molecular weight excluding hydrogens is 314 g/mol. The third-order valence-electron chi connectivity index (χ3n) is 2.91. The Morgan fingerprint density at radius 3 is 2.70 bits per heavy atom. The molecule has 1 heterocycles. The lowest BCUT2D eigenvalue weighted by atomic mass is 10.2. The van der Waals surface area contributed by atoms with E-state index < -0.39 is 0 Å². The molecule has 1 aromatic heterocycles. The fourth-order valence-electron chi connectivity index (χ4n) is 1.80. The molecule has 23 heavy (non-hydrogen) atoms. The predicted molar refractivity (Wildman–Crippen MR) is 90.1 cm³/mol. The van der Waals surface area contributed by atoms with Gasteiger partial charge in [0.1, 0.15) is 0 Å². The molecule has 118 valence electrons. The second-order valence-electron chi connectivity index (χ2n) is 4.68. The molecule has 2 rings (SSSR count). The second-order valence-corrected chi connectivity index (χ2v) is 5.11. The molecule has 1 aromatic carbocycles. The Hall–Kier alpha value is -2.66. The zero-order chi connectivity index (χ0) is 16.5. The summed E-state index contributed by atoms with van der Waals surface area (Å²) in [7, 11) is 0. The van der Waals surface area contributed by atoms with E-state index in [1.54, 1.807) is 36.5 Å². The number of halogens is 1. The zero-order valence-corrected chi connectivity index (χ0v) is 13.1. The molecule has 2 amide bonds. The van der Waals surface area contributed by atoms with Gasteiger partial charge in [-0.25, -0.2) is 0 Å². The quantitative estimate of drug-likeness (QED) is 0.631. The Balaban J connectivity index is 1.70. The summed E-state index contributed by atoms with van der Waals surface area (Å²) in [6.45, 7) is 0.676. The van der Waals surface area contributed by atoms with Gasteiger partial charge in [-0.2, -0.15) is 0 Å². The minimum Gasteiger partial charge on any atom is -0.351 e. The van der Waals surface area contributed by atoms with Gasteiger partial charge in [0.25, 0.3) is 5.91 Å². The van der Waals surface area contributed by atoms with Crippen molar-refractivity contribution in [2.24, 2.45) is 0 Å². The van der Waals surface area contributed by atoms with Gasteiger partial charge in [0.15, 0.2) is 0 Å². The van der Waals surface area contributed by atoms with Crippen LogP contribution in [-0.2, 0) is 4.79 Å². The number of carbonyl (C=O) groups excluding carboxylic acids is 2.